The van der Waals surface area contributed by atoms with Crippen LogP contribution in [0.5, 0.6) is 5.75 Å². The third-order valence-electron chi connectivity index (χ3n) is 8.82. The molecule has 2 unspecified atom stereocenters. The van der Waals surface area contributed by atoms with Crippen LogP contribution >= 0.6 is 0 Å². The summed E-state index contributed by atoms with van der Waals surface area (Å²) in [5.41, 5.74) is 0.977. The fraction of sp³-hybridized carbons (Fsp3) is 0.500. The van der Waals surface area contributed by atoms with Crippen LogP contribution in [0.25, 0.3) is 11.3 Å². The minimum absolute atomic E-state index is 0.0110. The molecule has 44 heavy (non-hydrogen) atoms. The van der Waals surface area contributed by atoms with Crippen molar-refractivity contribution in [3.8, 4) is 17.0 Å². The van der Waals surface area contributed by atoms with Crippen molar-refractivity contribution in [2.24, 2.45) is 0 Å². The second-order valence-electron chi connectivity index (χ2n) is 13.3. The van der Waals surface area contributed by atoms with E-state index < -0.39 is 49.9 Å². The molecular weight excluding hydrogens is 582 g/mol. The highest BCUT2D eigenvalue weighted by molar-refractivity contribution is 6.74. The van der Waals surface area contributed by atoms with Gasteiger partial charge >= 0.3 is 5.69 Å². The van der Waals surface area contributed by atoms with Gasteiger partial charge in [-0.05, 0) is 67.4 Å². The smallest absolute Gasteiger partial charge is 0.334 e. The number of methoxy groups -OCH3 is 1. The van der Waals surface area contributed by atoms with Crippen LogP contribution < -0.4 is 21.2 Å². The monoisotopic (exact) mass is 624 g/mol. The van der Waals surface area contributed by atoms with Crippen molar-refractivity contribution in [2.45, 2.75) is 89.6 Å². The van der Waals surface area contributed by atoms with Crippen LogP contribution in [0.15, 0.2) is 64.2 Å². The summed E-state index contributed by atoms with van der Waals surface area (Å²) in [5, 5.41) is 1.85. The Bertz CT molecular complexity index is 1620. The summed E-state index contributed by atoms with van der Waals surface area (Å²) < 4.78 is 33.7. The first-order valence-corrected chi connectivity index (χ1v) is 17.7. The van der Waals surface area contributed by atoms with Gasteiger partial charge in [0, 0.05) is 28.3 Å². The highest BCUT2D eigenvalue weighted by Gasteiger charge is 2.57. The summed E-state index contributed by atoms with van der Waals surface area (Å²) in [7, 11) is -0.559. The van der Waals surface area contributed by atoms with E-state index in [2.05, 4.69) is 33.9 Å². The van der Waals surface area contributed by atoms with E-state index in [4.69, 9.17) is 23.4 Å². The summed E-state index contributed by atoms with van der Waals surface area (Å²) in [4.78, 5) is 39.1. The van der Waals surface area contributed by atoms with Crippen molar-refractivity contribution < 1.29 is 28.6 Å². The molecule has 0 radical (unpaired) electrons. The molecular formula is C32H42N3O8Si+. The van der Waals surface area contributed by atoms with Crippen LogP contribution in [0, 0.1) is 4.91 Å². The molecule has 2 fully saturated rings. The largest absolute Gasteiger partial charge is 0.497 e. The van der Waals surface area contributed by atoms with Crippen molar-refractivity contribution in [1.29, 1.82) is 0 Å². The van der Waals surface area contributed by atoms with Gasteiger partial charge in [-0.3, -0.25) is 13.9 Å². The Balaban J connectivity index is 1.61. The van der Waals surface area contributed by atoms with Crippen LogP contribution in [0.2, 0.25) is 18.1 Å². The number of rotatable bonds is 9. The quantitative estimate of drug-likeness (QED) is 0.358. The predicted octanol–water partition coefficient (Wildman–Crippen LogP) is 3.65. The first-order valence-electron chi connectivity index (χ1n) is 14.8. The molecule has 2 saturated heterocycles. The number of fused-ring (bicyclic) bond motifs is 1. The maximum absolute atomic E-state index is 14.4. The van der Waals surface area contributed by atoms with Crippen LogP contribution in [0.4, 0.5) is 5.69 Å². The summed E-state index contributed by atoms with van der Waals surface area (Å²) in [5.74, 6) is -0.253. The second-order valence-corrected chi connectivity index (χ2v) is 18.1. The first-order chi connectivity index (χ1) is 20.6. The second kappa shape index (κ2) is 11.8. The SMILES string of the molecule is COc1ccc(Cn2c(=O)cc(-c3ccc([NH+]=O)cc3)n([C@@H]3O[C@H](CO[Si](C)(C)C(C)(C)C)C4OC(C)(C)OC43)c2=O)cc1. The van der Waals surface area contributed by atoms with Gasteiger partial charge in [-0.1, -0.05) is 32.9 Å². The van der Waals surface area contributed by atoms with E-state index in [1.807, 2.05) is 31.2 Å². The van der Waals surface area contributed by atoms with E-state index in [1.165, 1.54) is 15.2 Å². The molecule has 2 aliphatic heterocycles. The molecule has 3 aromatic rings. The summed E-state index contributed by atoms with van der Waals surface area (Å²) in [6.45, 7) is 14.8. The van der Waals surface area contributed by atoms with Crippen LogP contribution in [0.1, 0.15) is 46.4 Å². The molecule has 4 atom stereocenters. The Morgan fingerprint density at radius 3 is 2.20 bits per heavy atom. The van der Waals surface area contributed by atoms with E-state index in [0.717, 1.165) is 5.56 Å². The molecule has 0 aliphatic carbocycles. The van der Waals surface area contributed by atoms with Crippen molar-refractivity contribution in [2.75, 3.05) is 13.7 Å². The molecule has 0 spiro atoms. The van der Waals surface area contributed by atoms with Gasteiger partial charge in [0.1, 0.15) is 24.1 Å². The van der Waals surface area contributed by atoms with Crippen molar-refractivity contribution in [3.63, 3.8) is 0 Å². The van der Waals surface area contributed by atoms with Gasteiger partial charge in [-0.2, -0.15) is 0 Å². The Kier molecular flexibility index (Phi) is 8.60. The van der Waals surface area contributed by atoms with Gasteiger partial charge in [0.25, 0.3) is 11.2 Å². The van der Waals surface area contributed by atoms with E-state index in [9.17, 15) is 14.5 Å². The topological polar surface area (TPSA) is 121 Å². The number of aromatic nitrogens is 2. The number of hydrogen-bond donors (Lipinski definition) is 1. The lowest BCUT2D eigenvalue weighted by Crippen LogP contribution is -2.55. The third-order valence-corrected chi connectivity index (χ3v) is 13.3. The van der Waals surface area contributed by atoms with Gasteiger partial charge in [-0.15, -0.1) is 0 Å². The molecule has 1 N–H and O–H groups in total. The van der Waals surface area contributed by atoms with E-state index in [-0.39, 0.29) is 18.2 Å². The standard InChI is InChI=1S/C32H41N3O8Si/c1-31(2,3)44(7,8)40-19-25-27-28(43-32(4,5)42-27)29(41-25)35-24(21-11-13-22(33-38)14-12-21)17-26(36)34(30(35)37)18-20-9-15-23(39-6)16-10-20/h9-17,25,27-29H,18-19H2,1-8H3/p+1/t25-,27?,28?,29-/m1/s1. The van der Waals surface area contributed by atoms with E-state index in [0.29, 0.717) is 22.7 Å². The molecule has 1 aromatic heterocycles. The van der Waals surface area contributed by atoms with Gasteiger partial charge in [0.15, 0.2) is 20.3 Å². The average molecular weight is 625 g/mol. The maximum atomic E-state index is 14.4. The molecule has 12 heteroatoms. The highest BCUT2D eigenvalue weighted by atomic mass is 28.4. The van der Waals surface area contributed by atoms with Gasteiger partial charge in [-0.25, -0.2) is 4.79 Å². The normalized spacial score (nSPS) is 23.0. The summed E-state index contributed by atoms with van der Waals surface area (Å²) in [6, 6.07) is 15.1. The molecule has 0 saturated carbocycles. The zero-order valence-corrected chi connectivity index (χ0v) is 27.6. The molecule has 2 aliphatic rings. The molecule has 236 valence electrons. The lowest BCUT2D eigenvalue weighted by molar-refractivity contribution is -0.379. The molecule has 3 heterocycles. The van der Waals surface area contributed by atoms with Gasteiger partial charge in [0.05, 0.1) is 26.0 Å². The Hall–Kier alpha value is -3.42. The van der Waals surface area contributed by atoms with Gasteiger partial charge in [0.2, 0.25) is 0 Å². The molecule has 5 rings (SSSR count). The number of hydrogen-bond acceptors (Lipinski definition) is 8. The molecule has 0 amide bonds. The third kappa shape index (κ3) is 6.22. The van der Waals surface area contributed by atoms with Crippen molar-refractivity contribution in [1.82, 2.24) is 9.13 Å². The lowest BCUT2D eigenvalue weighted by atomic mass is 10.1. The number of benzene rings is 2. The molecule has 2 aromatic carbocycles. The first kappa shape index (κ1) is 32.0. The van der Waals surface area contributed by atoms with Gasteiger partial charge < -0.3 is 23.4 Å². The molecule has 11 nitrogen and oxygen atoms in total. The number of nitroso groups, excluding NO2 is 1. The Morgan fingerprint density at radius 1 is 0.977 bits per heavy atom. The number of ether oxygens (including phenoxy) is 4. The zero-order valence-electron chi connectivity index (χ0n) is 26.6. The zero-order chi connectivity index (χ0) is 32.0. The average Bonchev–Trinajstić information content (AvgIpc) is 3.46. The lowest BCUT2D eigenvalue weighted by Gasteiger charge is -2.37. The predicted molar refractivity (Wildman–Crippen MR) is 167 cm³/mol. The minimum Gasteiger partial charge on any atom is -0.497 e. The fourth-order valence-electron chi connectivity index (χ4n) is 5.34. The summed E-state index contributed by atoms with van der Waals surface area (Å²) in [6.07, 6.45) is -2.59. The number of nitrogens with one attached hydrogen (secondary N) is 1. The van der Waals surface area contributed by atoms with Crippen molar-refractivity contribution >= 4 is 14.0 Å². The number of nitrogens with zero attached hydrogens (tertiary/aromatic N) is 2. The Morgan fingerprint density at radius 2 is 1.61 bits per heavy atom. The minimum atomic E-state index is -2.13. The summed E-state index contributed by atoms with van der Waals surface area (Å²) >= 11 is 0. The van der Waals surface area contributed by atoms with Crippen LogP contribution in [-0.4, -0.2) is 55.3 Å². The fourth-order valence-corrected chi connectivity index (χ4v) is 6.35. The van der Waals surface area contributed by atoms with Crippen LogP contribution in [0.3, 0.4) is 0 Å². The van der Waals surface area contributed by atoms with E-state index >= 15 is 0 Å². The van der Waals surface area contributed by atoms with E-state index in [1.54, 1.807) is 43.5 Å². The van der Waals surface area contributed by atoms with Crippen LogP contribution in [-0.2, 0) is 25.2 Å². The maximum Gasteiger partial charge on any atom is 0.334 e. The molecule has 0 bridgehead atoms. The van der Waals surface area contributed by atoms with Crippen molar-refractivity contribution in [3.05, 3.63) is 85.9 Å². The Labute approximate surface area is 257 Å². The highest BCUT2D eigenvalue weighted by Crippen LogP contribution is 2.45.